The molecule has 20 heavy (non-hydrogen) atoms. The van der Waals surface area contributed by atoms with Crippen LogP contribution in [0, 0.1) is 0 Å². The number of benzene rings is 1. The lowest BCUT2D eigenvalue weighted by molar-refractivity contribution is 0.0997. The number of alkyl halides is 2. The molecule has 0 unspecified atom stereocenters. The number of hydrogen-bond acceptors (Lipinski definition) is 1. The monoisotopic (exact) mass is 362 g/mol. The molecule has 7 heteroatoms. The van der Waals surface area contributed by atoms with Crippen molar-refractivity contribution in [2.24, 2.45) is 0 Å². The maximum absolute atomic E-state index is 12.4. The van der Waals surface area contributed by atoms with Crippen LogP contribution in [0.1, 0.15) is 10.5 Å². The second-order valence-electron chi connectivity index (χ2n) is 3.99. The van der Waals surface area contributed by atoms with Crippen molar-refractivity contribution in [2.45, 2.75) is 13.0 Å². The van der Waals surface area contributed by atoms with E-state index in [-0.39, 0.29) is 5.69 Å². The predicted molar refractivity (Wildman–Crippen MR) is 77.5 cm³/mol. The fraction of sp³-hybridized carbons (Fsp3) is 0.154. The quantitative estimate of drug-likeness (QED) is 0.857. The molecule has 0 saturated carbocycles. The van der Waals surface area contributed by atoms with E-state index in [0.29, 0.717) is 15.2 Å². The molecule has 0 bridgehead atoms. The Hall–Kier alpha value is -1.40. The maximum atomic E-state index is 12.4. The first-order valence-corrected chi connectivity index (χ1v) is 6.85. The lowest BCUT2D eigenvalue weighted by Crippen LogP contribution is -2.19. The van der Waals surface area contributed by atoms with Gasteiger partial charge in [-0.2, -0.15) is 0 Å². The fourth-order valence-corrected chi connectivity index (χ4v) is 2.25. The molecule has 1 aromatic carbocycles. The van der Waals surface area contributed by atoms with Crippen LogP contribution >= 0.6 is 27.5 Å². The summed E-state index contributed by atoms with van der Waals surface area (Å²) >= 11 is 9.18. The highest BCUT2D eigenvalue weighted by molar-refractivity contribution is 9.10. The number of hydrogen-bond donors (Lipinski definition) is 1. The minimum Gasteiger partial charge on any atom is -0.338 e. The third kappa shape index (κ3) is 3.37. The number of carbonyl (C=O) groups excluding carboxylic acids is 1. The molecule has 1 amide bonds. The van der Waals surface area contributed by atoms with E-state index in [1.165, 1.54) is 16.8 Å². The van der Waals surface area contributed by atoms with Gasteiger partial charge in [-0.3, -0.25) is 4.79 Å². The van der Waals surface area contributed by atoms with Crippen molar-refractivity contribution in [2.75, 3.05) is 5.32 Å². The second kappa shape index (κ2) is 6.37. The number of rotatable bonds is 4. The number of nitrogens with zero attached hydrogens (tertiary/aromatic N) is 1. The molecule has 0 radical (unpaired) electrons. The Balaban J connectivity index is 2.20. The third-order valence-electron chi connectivity index (χ3n) is 2.60. The van der Waals surface area contributed by atoms with Crippen LogP contribution in [0.15, 0.2) is 41.0 Å². The van der Waals surface area contributed by atoms with Crippen LogP contribution in [0.25, 0.3) is 0 Å². The van der Waals surface area contributed by atoms with Crippen LogP contribution in [0.4, 0.5) is 14.5 Å². The molecule has 0 spiro atoms. The van der Waals surface area contributed by atoms with E-state index in [9.17, 15) is 13.6 Å². The first-order chi connectivity index (χ1) is 9.49. The van der Waals surface area contributed by atoms with Crippen molar-refractivity contribution in [1.29, 1.82) is 0 Å². The van der Waals surface area contributed by atoms with Gasteiger partial charge in [-0.25, -0.2) is 8.78 Å². The van der Waals surface area contributed by atoms with Crippen LogP contribution < -0.4 is 5.32 Å². The van der Waals surface area contributed by atoms with E-state index in [1.807, 2.05) is 0 Å². The second-order valence-corrected chi connectivity index (χ2v) is 5.19. The van der Waals surface area contributed by atoms with E-state index >= 15 is 0 Å². The highest BCUT2D eigenvalue weighted by Crippen LogP contribution is 2.30. The minimum atomic E-state index is -2.52. The van der Waals surface area contributed by atoms with E-state index < -0.39 is 18.9 Å². The Morgan fingerprint density at radius 2 is 2.10 bits per heavy atom. The smallest absolute Gasteiger partial charge is 0.272 e. The summed E-state index contributed by atoms with van der Waals surface area (Å²) in [7, 11) is 0. The zero-order valence-corrected chi connectivity index (χ0v) is 12.5. The van der Waals surface area contributed by atoms with Gasteiger partial charge >= 0.3 is 0 Å². The molecular formula is C13H10BrClF2N2O. The fourth-order valence-electron chi connectivity index (χ4n) is 1.71. The van der Waals surface area contributed by atoms with Crippen molar-refractivity contribution in [3.8, 4) is 0 Å². The highest BCUT2D eigenvalue weighted by atomic mass is 79.9. The van der Waals surface area contributed by atoms with Crippen molar-refractivity contribution in [1.82, 2.24) is 4.57 Å². The van der Waals surface area contributed by atoms with Gasteiger partial charge in [0.2, 0.25) is 0 Å². The van der Waals surface area contributed by atoms with Gasteiger partial charge < -0.3 is 9.88 Å². The number of nitrogens with one attached hydrogen (secondary N) is 1. The molecule has 2 rings (SSSR count). The summed E-state index contributed by atoms with van der Waals surface area (Å²) in [5, 5.41) is 3.08. The van der Waals surface area contributed by atoms with Crippen molar-refractivity contribution in [3.63, 3.8) is 0 Å². The lowest BCUT2D eigenvalue weighted by atomic mass is 10.3. The van der Waals surface area contributed by atoms with E-state index in [0.717, 1.165) is 0 Å². The van der Waals surface area contributed by atoms with Gasteiger partial charge in [0.25, 0.3) is 12.3 Å². The summed E-state index contributed by atoms with van der Waals surface area (Å²) in [5.74, 6) is -0.474. The van der Waals surface area contributed by atoms with E-state index in [1.54, 1.807) is 24.3 Å². The van der Waals surface area contributed by atoms with Gasteiger partial charge in [-0.05, 0) is 40.2 Å². The Morgan fingerprint density at radius 1 is 1.35 bits per heavy atom. The van der Waals surface area contributed by atoms with Gasteiger partial charge in [-0.15, -0.1) is 0 Å². The largest absolute Gasteiger partial charge is 0.338 e. The Morgan fingerprint density at radius 3 is 2.80 bits per heavy atom. The van der Waals surface area contributed by atoms with Crippen LogP contribution in [-0.4, -0.2) is 16.9 Å². The summed E-state index contributed by atoms with van der Waals surface area (Å²) in [6.45, 7) is -0.521. The summed E-state index contributed by atoms with van der Waals surface area (Å²) in [6.07, 6.45) is -1.08. The van der Waals surface area contributed by atoms with Gasteiger partial charge in [0, 0.05) is 6.20 Å². The molecule has 0 aliphatic rings. The zero-order chi connectivity index (χ0) is 14.7. The normalized spacial score (nSPS) is 10.8. The molecule has 1 aromatic heterocycles. The Bertz CT molecular complexity index is 631. The van der Waals surface area contributed by atoms with Crippen LogP contribution in [0.3, 0.4) is 0 Å². The van der Waals surface area contributed by atoms with Gasteiger partial charge in [-0.1, -0.05) is 17.7 Å². The maximum Gasteiger partial charge on any atom is 0.272 e. The molecule has 1 heterocycles. The molecule has 106 valence electrons. The first kappa shape index (κ1) is 15.0. The molecule has 0 saturated heterocycles. The Kier molecular flexibility index (Phi) is 4.77. The van der Waals surface area contributed by atoms with Crippen LogP contribution in [0.2, 0.25) is 5.02 Å². The van der Waals surface area contributed by atoms with Crippen LogP contribution in [-0.2, 0) is 6.54 Å². The molecule has 1 N–H and O–H groups in total. The van der Waals surface area contributed by atoms with E-state index in [4.69, 9.17) is 11.6 Å². The summed E-state index contributed by atoms with van der Waals surface area (Å²) in [6, 6.07) is 8.04. The van der Waals surface area contributed by atoms with Crippen molar-refractivity contribution >= 4 is 39.1 Å². The van der Waals surface area contributed by atoms with Gasteiger partial charge in [0.1, 0.15) is 5.69 Å². The molecular weight excluding hydrogens is 354 g/mol. The molecule has 0 aliphatic carbocycles. The van der Waals surface area contributed by atoms with Crippen molar-refractivity contribution < 1.29 is 13.6 Å². The van der Waals surface area contributed by atoms with Gasteiger partial charge in [0.05, 0.1) is 21.7 Å². The number of carbonyl (C=O) groups is 1. The number of aromatic nitrogens is 1. The number of amides is 1. The first-order valence-electron chi connectivity index (χ1n) is 5.67. The van der Waals surface area contributed by atoms with Crippen LogP contribution in [0.5, 0.6) is 0 Å². The molecule has 0 aliphatic heterocycles. The average Bonchev–Trinajstić information content (AvgIpc) is 2.82. The average molecular weight is 364 g/mol. The number of anilines is 1. The lowest BCUT2D eigenvalue weighted by Gasteiger charge is -2.11. The molecule has 0 atom stereocenters. The highest BCUT2D eigenvalue weighted by Gasteiger charge is 2.15. The minimum absolute atomic E-state index is 0.164. The predicted octanol–water partition coefficient (Wildman–Crippen LogP) is 4.42. The van der Waals surface area contributed by atoms with Crippen molar-refractivity contribution in [3.05, 3.63) is 51.7 Å². The van der Waals surface area contributed by atoms with Gasteiger partial charge in [0.15, 0.2) is 0 Å². The summed E-state index contributed by atoms with van der Waals surface area (Å²) < 4.78 is 26.6. The summed E-state index contributed by atoms with van der Waals surface area (Å²) in [4.78, 5) is 12.1. The SMILES string of the molecule is O=C(Nc1cccc(Cl)c1Br)c1cccn1CC(F)F. The third-order valence-corrected chi connectivity index (χ3v) is 3.99. The zero-order valence-electron chi connectivity index (χ0n) is 10.1. The van der Waals surface area contributed by atoms with E-state index in [2.05, 4.69) is 21.2 Å². The molecule has 0 fully saturated rings. The number of halogens is 4. The molecule has 2 aromatic rings. The Labute approximate surface area is 127 Å². The summed E-state index contributed by atoms with van der Waals surface area (Å²) in [5.41, 5.74) is 0.643. The molecule has 3 nitrogen and oxygen atoms in total. The standard InChI is InChI=1S/C13H10BrClF2N2O/c14-12-8(15)3-1-4-9(12)18-13(20)10-5-2-6-19(10)7-11(16)17/h1-6,11H,7H2,(H,18,20). The topological polar surface area (TPSA) is 34.0 Å².